The molecule has 1 saturated heterocycles. The van der Waals surface area contributed by atoms with E-state index in [4.69, 9.17) is 0 Å². The van der Waals surface area contributed by atoms with Crippen LogP contribution >= 0.6 is 0 Å². The van der Waals surface area contributed by atoms with Crippen LogP contribution in [-0.2, 0) is 0 Å². The van der Waals surface area contributed by atoms with E-state index < -0.39 is 0 Å². The van der Waals surface area contributed by atoms with Crippen molar-refractivity contribution in [3.63, 3.8) is 0 Å². The van der Waals surface area contributed by atoms with E-state index in [1.54, 1.807) is 0 Å². The van der Waals surface area contributed by atoms with Crippen molar-refractivity contribution in [2.45, 2.75) is 77.4 Å². The van der Waals surface area contributed by atoms with Gasteiger partial charge in [0.25, 0.3) is 0 Å². The SMILES string of the molecule is CC1CCCC1N(CC1CCCCN1)C(C)C. The van der Waals surface area contributed by atoms with Gasteiger partial charge in [-0.15, -0.1) is 0 Å². The summed E-state index contributed by atoms with van der Waals surface area (Å²) in [5.41, 5.74) is 0. The highest BCUT2D eigenvalue weighted by Gasteiger charge is 2.31. The lowest BCUT2D eigenvalue weighted by Crippen LogP contribution is -2.50. The van der Waals surface area contributed by atoms with Gasteiger partial charge in [-0.1, -0.05) is 19.8 Å². The van der Waals surface area contributed by atoms with E-state index in [0.29, 0.717) is 6.04 Å². The second-order valence-electron chi connectivity index (χ2n) is 6.41. The molecule has 1 N–H and O–H groups in total. The topological polar surface area (TPSA) is 15.3 Å². The highest BCUT2D eigenvalue weighted by atomic mass is 15.2. The molecular formula is C15H30N2. The minimum absolute atomic E-state index is 0.698. The third kappa shape index (κ3) is 3.45. The first kappa shape index (κ1) is 13.4. The molecule has 2 rings (SSSR count). The van der Waals surface area contributed by atoms with Gasteiger partial charge in [0.05, 0.1) is 0 Å². The lowest BCUT2D eigenvalue weighted by molar-refractivity contribution is 0.108. The smallest absolute Gasteiger partial charge is 0.0195 e. The lowest BCUT2D eigenvalue weighted by atomic mass is 9.99. The van der Waals surface area contributed by atoms with E-state index in [9.17, 15) is 0 Å². The Balaban J connectivity index is 1.91. The average molecular weight is 238 g/mol. The molecule has 3 unspecified atom stereocenters. The van der Waals surface area contributed by atoms with E-state index in [2.05, 4.69) is 31.0 Å². The van der Waals surface area contributed by atoms with Crippen LogP contribution in [0.2, 0.25) is 0 Å². The molecule has 0 radical (unpaired) electrons. The molecule has 0 aromatic carbocycles. The summed E-state index contributed by atoms with van der Waals surface area (Å²) in [5, 5.41) is 3.70. The second kappa shape index (κ2) is 6.19. The number of hydrogen-bond donors (Lipinski definition) is 1. The van der Waals surface area contributed by atoms with Crippen LogP contribution in [0.25, 0.3) is 0 Å². The van der Waals surface area contributed by atoms with Crippen LogP contribution in [0.5, 0.6) is 0 Å². The van der Waals surface area contributed by atoms with Crippen molar-refractivity contribution in [1.29, 1.82) is 0 Å². The van der Waals surface area contributed by atoms with Crippen molar-refractivity contribution >= 4 is 0 Å². The molecule has 0 spiro atoms. The second-order valence-corrected chi connectivity index (χ2v) is 6.41. The highest BCUT2D eigenvalue weighted by molar-refractivity contribution is 4.87. The van der Waals surface area contributed by atoms with Crippen LogP contribution in [0.15, 0.2) is 0 Å². The fourth-order valence-corrected chi connectivity index (χ4v) is 3.68. The molecule has 1 aliphatic heterocycles. The standard InChI is InChI=1S/C15H30N2/c1-12(2)17(15-9-6-7-13(15)3)11-14-8-4-5-10-16-14/h12-16H,4-11H2,1-3H3. The maximum atomic E-state index is 3.70. The molecule has 0 bridgehead atoms. The van der Waals surface area contributed by atoms with E-state index in [-0.39, 0.29) is 0 Å². The molecule has 0 amide bonds. The van der Waals surface area contributed by atoms with Crippen LogP contribution in [-0.4, -0.2) is 36.1 Å². The van der Waals surface area contributed by atoms with E-state index in [1.807, 2.05) is 0 Å². The Hall–Kier alpha value is -0.0800. The van der Waals surface area contributed by atoms with Crippen molar-refractivity contribution in [3.8, 4) is 0 Å². The Morgan fingerprint density at radius 1 is 1.12 bits per heavy atom. The molecule has 0 aromatic rings. The summed E-state index contributed by atoms with van der Waals surface area (Å²) >= 11 is 0. The van der Waals surface area contributed by atoms with Gasteiger partial charge in [0, 0.05) is 24.7 Å². The summed E-state index contributed by atoms with van der Waals surface area (Å²) in [4.78, 5) is 2.78. The summed E-state index contributed by atoms with van der Waals surface area (Å²) < 4.78 is 0. The summed E-state index contributed by atoms with van der Waals surface area (Å²) in [7, 11) is 0. The Labute approximate surface area is 107 Å². The predicted molar refractivity (Wildman–Crippen MR) is 74.3 cm³/mol. The Kier molecular flexibility index (Phi) is 4.87. The molecule has 2 aliphatic rings. The first-order valence-corrected chi connectivity index (χ1v) is 7.67. The Bertz CT molecular complexity index is 221. The zero-order chi connectivity index (χ0) is 12.3. The average Bonchev–Trinajstić information content (AvgIpc) is 2.73. The molecule has 3 atom stereocenters. The zero-order valence-corrected chi connectivity index (χ0v) is 11.9. The lowest BCUT2D eigenvalue weighted by Gasteiger charge is -2.39. The van der Waals surface area contributed by atoms with Gasteiger partial charge >= 0.3 is 0 Å². The van der Waals surface area contributed by atoms with Crippen molar-refractivity contribution in [2.75, 3.05) is 13.1 Å². The minimum Gasteiger partial charge on any atom is -0.313 e. The number of nitrogens with zero attached hydrogens (tertiary/aromatic N) is 1. The first-order valence-electron chi connectivity index (χ1n) is 7.67. The summed E-state index contributed by atoms with van der Waals surface area (Å²) in [5.74, 6) is 0.904. The van der Waals surface area contributed by atoms with E-state index >= 15 is 0 Å². The van der Waals surface area contributed by atoms with Crippen LogP contribution in [0.1, 0.15) is 59.3 Å². The van der Waals surface area contributed by atoms with Crippen molar-refractivity contribution < 1.29 is 0 Å². The molecule has 1 aliphatic carbocycles. The third-order valence-corrected chi connectivity index (χ3v) is 4.75. The third-order valence-electron chi connectivity index (χ3n) is 4.75. The van der Waals surface area contributed by atoms with Gasteiger partial charge in [-0.25, -0.2) is 0 Å². The highest BCUT2D eigenvalue weighted by Crippen LogP contribution is 2.31. The van der Waals surface area contributed by atoms with Crippen molar-refractivity contribution in [1.82, 2.24) is 10.2 Å². The van der Waals surface area contributed by atoms with Gasteiger partial charge in [0.1, 0.15) is 0 Å². The van der Waals surface area contributed by atoms with Crippen molar-refractivity contribution in [3.05, 3.63) is 0 Å². The molecule has 2 fully saturated rings. The number of piperidine rings is 1. The fraction of sp³-hybridized carbons (Fsp3) is 1.00. The zero-order valence-electron chi connectivity index (χ0n) is 11.9. The number of rotatable bonds is 4. The molecule has 17 heavy (non-hydrogen) atoms. The number of nitrogens with one attached hydrogen (secondary N) is 1. The molecule has 2 heteroatoms. The van der Waals surface area contributed by atoms with Gasteiger partial charge in [-0.3, -0.25) is 4.90 Å². The fourth-order valence-electron chi connectivity index (χ4n) is 3.68. The normalized spacial score (nSPS) is 34.8. The summed E-state index contributed by atoms with van der Waals surface area (Å²) in [6.07, 6.45) is 8.47. The molecular weight excluding hydrogens is 208 g/mol. The van der Waals surface area contributed by atoms with Gasteiger partial charge in [0.2, 0.25) is 0 Å². The minimum atomic E-state index is 0.698. The van der Waals surface area contributed by atoms with Crippen molar-refractivity contribution in [2.24, 2.45) is 5.92 Å². The van der Waals surface area contributed by atoms with Crippen LogP contribution in [0.4, 0.5) is 0 Å². The molecule has 0 aromatic heterocycles. The van der Waals surface area contributed by atoms with Gasteiger partial charge in [0.15, 0.2) is 0 Å². The quantitative estimate of drug-likeness (QED) is 0.810. The van der Waals surface area contributed by atoms with Gasteiger partial charge in [-0.2, -0.15) is 0 Å². The van der Waals surface area contributed by atoms with E-state index in [1.165, 1.54) is 51.6 Å². The molecule has 1 saturated carbocycles. The monoisotopic (exact) mass is 238 g/mol. The summed E-state index contributed by atoms with van der Waals surface area (Å²) in [6.45, 7) is 9.69. The number of hydrogen-bond acceptors (Lipinski definition) is 2. The van der Waals surface area contributed by atoms with E-state index in [0.717, 1.165) is 18.0 Å². The summed E-state index contributed by atoms with van der Waals surface area (Å²) in [6, 6.07) is 2.29. The maximum Gasteiger partial charge on any atom is 0.0195 e. The Morgan fingerprint density at radius 3 is 2.47 bits per heavy atom. The van der Waals surface area contributed by atoms with Gasteiger partial charge in [-0.05, 0) is 52.0 Å². The molecule has 100 valence electrons. The van der Waals surface area contributed by atoms with Crippen LogP contribution in [0.3, 0.4) is 0 Å². The predicted octanol–water partition coefficient (Wildman–Crippen LogP) is 3.03. The van der Waals surface area contributed by atoms with Gasteiger partial charge < -0.3 is 5.32 Å². The molecule has 2 nitrogen and oxygen atoms in total. The van der Waals surface area contributed by atoms with Crippen LogP contribution in [0, 0.1) is 5.92 Å². The Morgan fingerprint density at radius 2 is 1.94 bits per heavy atom. The van der Waals surface area contributed by atoms with Crippen LogP contribution < -0.4 is 5.32 Å². The largest absolute Gasteiger partial charge is 0.313 e. The first-order chi connectivity index (χ1) is 8.18. The maximum absolute atomic E-state index is 3.70. The molecule has 1 heterocycles.